The lowest BCUT2D eigenvalue weighted by Crippen LogP contribution is -2.25. The van der Waals surface area contributed by atoms with Gasteiger partial charge in [0.15, 0.2) is 0 Å². The smallest absolute Gasteiger partial charge is 0.243 e. The lowest BCUT2D eigenvalue weighted by atomic mass is 10.1. The summed E-state index contributed by atoms with van der Waals surface area (Å²) in [4.78, 5) is 11.0. The normalized spacial score (nSPS) is 11.9. The minimum atomic E-state index is -0.346. The molecule has 0 aliphatic heterocycles. The third-order valence-electron chi connectivity index (χ3n) is 1.92. The van der Waals surface area contributed by atoms with Crippen molar-refractivity contribution in [2.75, 3.05) is 0 Å². The topological polar surface area (TPSA) is 29.1 Å². The Balaban J connectivity index is 2.79. The molecular weight excluding hydrogens is 181 g/mol. The van der Waals surface area contributed by atoms with E-state index in [2.05, 4.69) is 11.9 Å². The largest absolute Gasteiger partial charge is 0.346 e. The SMILES string of the molecule is C=CC(=O)NC(C)c1ccccc1F. The van der Waals surface area contributed by atoms with Crippen molar-refractivity contribution in [2.45, 2.75) is 13.0 Å². The van der Waals surface area contributed by atoms with E-state index in [-0.39, 0.29) is 17.8 Å². The van der Waals surface area contributed by atoms with E-state index in [1.54, 1.807) is 25.1 Å². The van der Waals surface area contributed by atoms with E-state index in [0.29, 0.717) is 5.56 Å². The van der Waals surface area contributed by atoms with Crippen LogP contribution in [0.5, 0.6) is 0 Å². The van der Waals surface area contributed by atoms with E-state index < -0.39 is 0 Å². The Morgan fingerprint density at radius 1 is 1.57 bits per heavy atom. The van der Waals surface area contributed by atoms with Gasteiger partial charge in [-0.2, -0.15) is 0 Å². The van der Waals surface area contributed by atoms with E-state index in [4.69, 9.17) is 0 Å². The van der Waals surface area contributed by atoms with Crippen molar-refractivity contribution < 1.29 is 9.18 Å². The zero-order valence-electron chi connectivity index (χ0n) is 7.96. The molecule has 1 amide bonds. The Labute approximate surface area is 82.4 Å². The first-order valence-electron chi connectivity index (χ1n) is 4.32. The molecule has 1 aromatic carbocycles. The fourth-order valence-electron chi connectivity index (χ4n) is 1.18. The molecular formula is C11H12FNO. The van der Waals surface area contributed by atoms with Crippen molar-refractivity contribution in [1.82, 2.24) is 5.32 Å². The van der Waals surface area contributed by atoms with E-state index in [9.17, 15) is 9.18 Å². The molecule has 1 aromatic rings. The Morgan fingerprint density at radius 3 is 2.79 bits per heavy atom. The Morgan fingerprint density at radius 2 is 2.21 bits per heavy atom. The first-order chi connectivity index (χ1) is 6.65. The number of hydrogen-bond donors (Lipinski definition) is 1. The zero-order chi connectivity index (χ0) is 10.6. The zero-order valence-corrected chi connectivity index (χ0v) is 7.96. The fourth-order valence-corrected chi connectivity index (χ4v) is 1.18. The average molecular weight is 193 g/mol. The molecule has 0 fully saturated rings. The third-order valence-corrected chi connectivity index (χ3v) is 1.92. The molecule has 14 heavy (non-hydrogen) atoms. The molecule has 0 heterocycles. The summed E-state index contributed by atoms with van der Waals surface area (Å²) in [5, 5.41) is 2.59. The second kappa shape index (κ2) is 4.56. The van der Waals surface area contributed by atoms with Crippen LogP contribution in [0.1, 0.15) is 18.5 Å². The van der Waals surface area contributed by atoms with E-state index >= 15 is 0 Å². The lowest BCUT2D eigenvalue weighted by molar-refractivity contribution is -0.117. The van der Waals surface area contributed by atoms with Gasteiger partial charge in [-0.1, -0.05) is 24.8 Å². The number of rotatable bonds is 3. The molecule has 74 valence electrons. The Hall–Kier alpha value is -1.64. The molecule has 0 spiro atoms. The van der Waals surface area contributed by atoms with Gasteiger partial charge in [0.1, 0.15) is 5.82 Å². The number of hydrogen-bond acceptors (Lipinski definition) is 1. The van der Waals surface area contributed by atoms with Gasteiger partial charge in [-0.15, -0.1) is 0 Å². The van der Waals surface area contributed by atoms with Crippen molar-refractivity contribution in [2.24, 2.45) is 0 Å². The highest BCUT2D eigenvalue weighted by Crippen LogP contribution is 2.15. The first kappa shape index (κ1) is 10.4. The van der Waals surface area contributed by atoms with E-state index in [0.717, 1.165) is 6.08 Å². The fraction of sp³-hybridized carbons (Fsp3) is 0.182. The molecule has 0 saturated heterocycles. The van der Waals surface area contributed by atoms with Crippen molar-refractivity contribution >= 4 is 5.91 Å². The Bertz CT molecular complexity index is 349. The second-order valence-electron chi connectivity index (χ2n) is 2.96. The Kier molecular flexibility index (Phi) is 3.40. The highest BCUT2D eigenvalue weighted by molar-refractivity contribution is 5.87. The molecule has 1 atom stereocenters. The minimum absolute atomic E-state index is 0.305. The van der Waals surface area contributed by atoms with Crippen LogP contribution in [0.4, 0.5) is 4.39 Å². The molecule has 1 rings (SSSR count). The van der Waals surface area contributed by atoms with Crippen LogP contribution in [0.2, 0.25) is 0 Å². The molecule has 1 unspecified atom stereocenters. The highest BCUT2D eigenvalue weighted by Gasteiger charge is 2.10. The van der Waals surface area contributed by atoms with Gasteiger partial charge in [-0.05, 0) is 19.1 Å². The predicted molar refractivity (Wildman–Crippen MR) is 53.2 cm³/mol. The summed E-state index contributed by atoms with van der Waals surface area (Å²) < 4.78 is 13.2. The van der Waals surface area contributed by atoms with Crippen molar-refractivity contribution in [3.8, 4) is 0 Å². The minimum Gasteiger partial charge on any atom is -0.346 e. The van der Waals surface area contributed by atoms with Crippen LogP contribution in [0.15, 0.2) is 36.9 Å². The maximum Gasteiger partial charge on any atom is 0.243 e. The number of nitrogens with one attached hydrogen (secondary N) is 1. The van der Waals surface area contributed by atoms with Crippen molar-refractivity contribution in [1.29, 1.82) is 0 Å². The summed E-state index contributed by atoms with van der Waals surface area (Å²) in [6.45, 7) is 5.05. The monoisotopic (exact) mass is 193 g/mol. The van der Waals surface area contributed by atoms with Gasteiger partial charge >= 0.3 is 0 Å². The van der Waals surface area contributed by atoms with Gasteiger partial charge in [0, 0.05) is 5.56 Å². The number of halogens is 1. The van der Waals surface area contributed by atoms with Crippen LogP contribution in [-0.4, -0.2) is 5.91 Å². The van der Waals surface area contributed by atoms with Crippen LogP contribution in [0.25, 0.3) is 0 Å². The second-order valence-corrected chi connectivity index (χ2v) is 2.96. The maximum absolute atomic E-state index is 13.2. The quantitative estimate of drug-likeness (QED) is 0.732. The lowest BCUT2D eigenvalue weighted by Gasteiger charge is -2.13. The van der Waals surface area contributed by atoms with Crippen LogP contribution >= 0.6 is 0 Å². The summed E-state index contributed by atoms with van der Waals surface area (Å²) in [5.74, 6) is -0.620. The number of benzene rings is 1. The van der Waals surface area contributed by atoms with Gasteiger partial charge in [-0.3, -0.25) is 4.79 Å². The summed E-state index contributed by atoms with van der Waals surface area (Å²) >= 11 is 0. The van der Waals surface area contributed by atoms with Gasteiger partial charge in [0.05, 0.1) is 6.04 Å². The number of amides is 1. The molecule has 2 nitrogen and oxygen atoms in total. The van der Waals surface area contributed by atoms with E-state index in [1.807, 2.05) is 0 Å². The molecule has 0 bridgehead atoms. The predicted octanol–water partition coefficient (Wildman–Crippen LogP) is 2.19. The van der Waals surface area contributed by atoms with Gasteiger partial charge in [-0.25, -0.2) is 4.39 Å². The summed E-state index contributed by atoms with van der Waals surface area (Å²) in [6.07, 6.45) is 1.16. The van der Waals surface area contributed by atoms with Crippen molar-refractivity contribution in [3.05, 3.63) is 48.3 Å². The standard InChI is InChI=1S/C11H12FNO/c1-3-11(14)13-8(2)9-6-4-5-7-10(9)12/h3-8H,1H2,2H3,(H,13,14). The molecule has 1 N–H and O–H groups in total. The van der Waals surface area contributed by atoms with Gasteiger partial charge in [0.25, 0.3) is 0 Å². The molecule has 0 saturated carbocycles. The number of carbonyl (C=O) groups excluding carboxylic acids is 1. The van der Waals surface area contributed by atoms with Crippen LogP contribution < -0.4 is 5.32 Å². The average Bonchev–Trinajstić information content (AvgIpc) is 2.18. The maximum atomic E-state index is 13.2. The highest BCUT2D eigenvalue weighted by atomic mass is 19.1. The van der Waals surface area contributed by atoms with Crippen LogP contribution in [0, 0.1) is 5.82 Å². The van der Waals surface area contributed by atoms with Crippen LogP contribution in [-0.2, 0) is 4.79 Å². The summed E-state index contributed by atoms with van der Waals surface area (Å²) in [6, 6.07) is 6.01. The molecule has 0 aromatic heterocycles. The molecule has 0 aliphatic rings. The van der Waals surface area contributed by atoms with Crippen molar-refractivity contribution in [3.63, 3.8) is 0 Å². The third kappa shape index (κ3) is 2.42. The van der Waals surface area contributed by atoms with E-state index in [1.165, 1.54) is 6.07 Å². The molecule has 3 heteroatoms. The van der Waals surface area contributed by atoms with Crippen LogP contribution in [0.3, 0.4) is 0 Å². The van der Waals surface area contributed by atoms with Gasteiger partial charge < -0.3 is 5.32 Å². The van der Waals surface area contributed by atoms with Gasteiger partial charge in [0.2, 0.25) is 5.91 Å². The summed E-state index contributed by atoms with van der Waals surface area (Å²) in [5.41, 5.74) is 0.475. The summed E-state index contributed by atoms with van der Waals surface area (Å²) in [7, 11) is 0. The molecule has 0 radical (unpaired) electrons. The number of carbonyl (C=O) groups is 1. The molecule has 0 aliphatic carbocycles. The first-order valence-corrected chi connectivity index (χ1v) is 4.32.